The van der Waals surface area contributed by atoms with E-state index in [-0.39, 0.29) is 0 Å². The van der Waals surface area contributed by atoms with Gasteiger partial charge in [0.15, 0.2) is 0 Å². The third kappa shape index (κ3) is 2.58. The molecule has 0 aliphatic rings. The van der Waals surface area contributed by atoms with E-state index in [1.165, 1.54) is 0 Å². The lowest BCUT2D eigenvalue weighted by molar-refractivity contribution is -0.307. The topological polar surface area (TPSA) is 66.4 Å². The molecule has 0 aromatic heterocycles. The van der Waals surface area contributed by atoms with E-state index in [1.807, 2.05) is 0 Å². The van der Waals surface area contributed by atoms with E-state index in [4.69, 9.17) is 4.74 Å². The van der Waals surface area contributed by atoms with Gasteiger partial charge in [0.1, 0.15) is 18.6 Å². The first-order valence-corrected chi connectivity index (χ1v) is 4.02. The van der Waals surface area contributed by atoms with Gasteiger partial charge in [-0.3, -0.25) is 4.79 Å². The monoisotopic (exact) mass is 193 g/mol. The first kappa shape index (κ1) is 10.2. The first-order chi connectivity index (χ1) is 6.63. The van der Waals surface area contributed by atoms with Crippen LogP contribution in [0.5, 0.6) is 5.75 Å². The maximum absolute atomic E-state index is 10.4. The molecule has 0 atom stereocenters. The number of aryl methyl sites for hydroxylation is 1. The summed E-state index contributed by atoms with van der Waals surface area (Å²) in [7, 11) is 0. The Morgan fingerprint density at radius 3 is 2.79 bits per heavy atom. The Morgan fingerprint density at radius 2 is 2.29 bits per heavy atom. The Labute approximate surface area is 81.1 Å². The molecule has 0 bridgehead atoms. The van der Waals surface area contributed by atoms with Crippen LogP contribution in [0.2, 0.25) is 0 Å². The summed E-state index contributed by atoms with van der Waals surface area (Å²) in [4.78, 5) is 20.5. The second kappa shape index (κ2) is 4.41. The number of carboxylic acids is 1. The van der Waals surface area contributed by atoms with Gasteiger partial charge >= 0.3 is 0 Å². The molecule has 0 fully saturated rings. The molecule has 14 heavy (non-hydrogen) atoms. The second-order valence-electron chi connectivity index (χ2n) is 2.80. The second-order valence-corrected chi connectivity index (χ2v) is 2.80. The molecule has 74 valence electrons. The fourth-order valence-corrected chi connectivity index (χ4v) is 1.04. The zero-order chi connectivity index (χ0) is 10.6. The molecule has 0 unspecified atom stereocenters. The number of aldehydes is 1. The number of carboxylic acid groups (broad SMARTS) is 1. The van der Waals surface area contributed by atoms with Crippen LogP contribution in [0.4, 0.5) is 0 Å². The number of hydrogen-bond acceptors (Lipinski definition) is 4. The van der Waals surface area contributed by atoms with Crippen molar-refractivity contribution in [3.63, 3.8) is 0 Å². The number of aliphatic carboxylic acids is 1. The van der Waals surface area contributed by atoms with E-state index in [1.54, 1.807) is 25.1 Å². The van der Waals surface area contributed by atoms with Crippen molar-refractivity contribution in [3.8, 4) is 5.75 Å². The van der Waals surface area contributed by atoms with Crippen LogP contribution in [0.3, 0.4) is 0 Å². The minimum Gasteiger partial charge on any atom is -0.546 e. The lowest BCUT2D eigenvalue weighted by Crippen LogP contribution is -2.29. The summed E-state index contributed by atoms with van der Waals surface area (Å²) in [5.74, 6) is -0.830. The molecule has 0 radical (unpaired) electrons. The molecular weight excluding hydrogens is 184 g/mol. The number of hydrogen-bond donors (Lipinski definition) is 0. The summed E-state index contributed by atoms with van der Waals surface area (Å²) < 4.78 is 4.92. The highest BCUT2D eigenvalue weighted by Gasteiger charge is 2.00. The van der Waals surface area contributed by atoms with E-state index in [9.17, 15) is 14.7 Å². The minimum absolute atomic E-state index is 0.444. The van der Waals surface area contributed by atoms with Crippen LogP contribution >= 0.6 is 0 Å². The highest BCUT2D eigenvalue weighted by atomic mass is 16.5. The van der Waals surface area contributed by atoms with Gasteiger partial charge in [-0.1, -0.05) is 0 Å². The van der Waals surface area contributed by atoms with Crippen molar-refractivity contribution in [2.45, 2.75) is 6.92 Å². The third-order valence-corrected chi connectivity index (χ3v) is 1.68. The molecule has 0 aliphatic heterocycles. The van der Waals surface area contributed by atoms with Crippen LogP contribution in [0.25, 0.3) is 0 Å². The number of carbonyl (C=O) groups is 2. The summed E-state index contributed by atoms with van der Waals surface area (Å²) in [6, 6.07) is 4.74. The summed E-state index contributed by atoms with van der Waals surface area (Å²) in [6.07, 6.45) is 0.718. The van der Waals surface area contributed by atoms with Crippen molar-refractivity contribution in [1.82, 2.24) is 0 Å². The quantitative estimate of drug-likeness (QED) is 0.628. The van der Waals surface area contributed by atoms with Crippen LogP contribution < -0.4 is 9.84 Å². The molecule has 4 nitrogen and oxygen atoms in total. The van der Waals surface area contributed by atoms with Crippen LogP contribution in [0.1, 0.15) is 15.9 Å². The normalized spacial score (nSPS) is 9.50. The van der Waals surface area contributed by atoms with Gasteiger partial charge in [-0.05, 0) is 30.7 Å². The van der Waals surface area contributed by atoms with Gasteiger partial charge in [0.2, 0.25) is 0 Å². The van der Waals surface area contributed by atoms with Crippen molar-refractivity contribution < 1.29 is 19.4 Å². The maximum Gasteiger partial charge on any atom is 0.150 e. The van der Waals surface area contributed by atoms with E-state index in [2.05, 4.69) is 0 Å². The summed E-state index contributed by atoms with van der Waals surface area (Å²) in [5.41, 5.74) is 1.25. The SMILES string of the molecule is Cc1cc(C=O)ccc1OCC(=O)[O-]. The molecule has 0 saturated carbocycles. The smallest absolute Gasteiger partial charge is 0.150 e. The first-order valence-electron chi connectivity index (χ1n) is 4.02. The standard InChI is InChI=1S/C10H10O4/c1-7-4-8(5-11)2-3-9(7)14-6-10(12)13/h2-5H,6H2,1H3,(H,12,13)/p-1. The molecule has 1 rings (SSSR count). The van der Waals surface area contributed by atoms with Crippen molar-refractivity contribution in [2.75, 3.05) is 6.61 Å². The highest BCUT2D eigenvalue weighted by molar-refractivity contribution is 5.75. The number of carbonyl (C=O) groups excluding carboxylic acids is 2. The predicted molar refractivity (Wildman–Crippen MR) is 47.1 cm³/mol. The van der Waals surface area contributed by atoms with Gasteiger partial charge in [0.05, 0.1) is 5.97 Å². The Hall–Kier alpha value is -1.84. The zero-order valence-electron chi connectivity index (χ0n) is 7.65. The summed E-state index contributed by atoms with van der Waals surface area (Å²) in [6.45, 7) is 1.25. The lowest BCUT2D eigenvalue weighted by atomic mass is 10.1. The predicted octanol–water partition coefficient (Wildman–Crippen LogP) is -0.0638. The maximum atomic E-state index is 10.4. The summed E-state index contributed by atoms with van der Waals surface area (Å²) in [5, 5.41) is 10.1. The van der Waals surface area contributed by atoms with Gasteiger partial charge in [0, 0.05) is 5.56 Å². The fourth-order valence-electron chi connectivity index (χ4n) is 1.04. The minimum atomic E-state index is -1.27. The Balaban J connectivity index is 2.78. The van der Waals surface area contributed by atoms with Crippen LogP contribution in [-0.4, -0.2) is 18.9 Å². The Bertz CT molecular complexity index is 357. The molecule has 4 heteroatoms. The van der Waals surface area contributed by atoms with Crippen molar-refractivity contribution >= 4 is 12.3 Å². The van der Waals surface area contributed by atoms with E-state index < -0.39 is 12.6 Å². The average molecular weight is 193 g/mol. The zero-order valence-corrected chi connectivity index (χ0v) is 7.65. The molecule has 0 amide bonds. The largest absolute Gasteiger partial charge is 0.546 e. The summed E-state index contributed by atoms with van der Waals surface area (Å²) >= 11 is 0. The number of benzene rings is 1. The molecule has 0 saturated heterocycles. The van der Waals surface area contributed by atoms with Crippen molar-refractivity contribution in [3.05, 3.63) is 29.3 Å². The van der Waals surface area contributed by atoms with Gasteiger partial charge in [-0.15, -0.1) is 0 Å². The molecule has 0 heterocycles. The molecule has 0 spiro atoms. The Kier molecular flexibility index (Phi) is 3.23. The van der Waals surface area contributed by atoms with Gasteiger partial charge in [-0.2, -0.15) is 0 Å². The highest BCUT2D eigenvalue weighted by Crippen LogP contribution is 2.17. The fraction of sp³-hybridized carbons (Fsp3) is 0.200. The van der Waals surface area contributed by atoms with E-state index in [0.717, 1.165) is 11.8 Å². The van der Waals surface area contributed by atoms with Gasteiger partial charge < -0.3 is 14.6 Å². The third-order valence-electron chi connectivity index (χ3n) is 1.68. The number of ether oxygens (including phenoxy) is 1. The molecule has 1 aromatic rings. The van der Waals surface area contributed by atoms with Gasteiger partial charge in [0.25, 0.3) is 0 Å². The molecule has 0 N–H and O–H groups in total. The van der Waals surface area contributed by atoms with E-state index in [0.29, 0.717) is 11.3 Å². The Morgan fingerprint density at radius 1 is 1.57 bits per heavy atom. The van der Waals surface area contributed by atoms with Crippen molar-refractivity contribution in [1.29, 1.82) is 0 Å². The van der Waals surface area contributed by atoms with Crippen molar-refractivity contribution in [2.24, 2.45) is 0 Å². The van der Waals surface area contributed by atoms with Crippen LogP contribution in [-0.2, 0) is 4.79 Å². The average Bonchev–Trinajstić information content (AvgIpc) is 2.15. The van der Waals surface area contributed by atoms with Crippen LogP contribution in [0, 0.1) is 6.92 Å². The molecular formula is C10H9O4-. The molecule has 1 aromatic carbocycles. The number of rotatable bonds is 4. The van der Waals surface area contributed by atoms with Crippen LogP contribution in [0.15, 0.2) is 18.2 Å². The van der Waals surface area contributed by atoms with Gasteiger partial charge in [-0.25, -0.2) is 0 Å². The molecule has 0 aliphatic carbocycles. The van der Waals surface area contributed by atoms with E-state index >= 15 is 0 Å². The lowest BCUT2D eigenvalue weighted by Gasteiger charge is -2.09.